The largest absolute Gasteiger partial charge is 0.486 e. The molecule has 0 atom stereocenters. The Bertz CT molecular complexity index is 895. The van der Waals surface area contributed by atoms with Gasteiger partial charge in [0, 0.05) is 0 Å². The third-order valence-corrected chi connectivity index (χ3v) is 3.05. The molecule has 0 aliphatic heterocycles. The van der Waals surface area contributed by atoms with E-state index in [1.165, 1.54) is 0 Å². The molecule has 0 fully saturated rings. The van der Waals surface area contributed by atoms with Gasteiger partial charge in [0.2, 0.25) is 0 Å². The predicted octanol–water partition coefficient (Wildman–Crippen LogP) is 1.00. The fourth-order valence-corrected chi connectivity index (χ4v) is 1.90. The van der Waals surface area contributed by atoms with Gasteiger partial charge < -0.3 is 9.84 Å². The zero-order valence-corrected chi connectivity index (χ0v) is 11.6. The van der Waals surface area contributed by atoms with Crippen LogP contribution in [0.3, 0.4) is 0 Å². The molecule has 0 amide bonds. The number of aromatic amines is 1. The number of carbonyl (C=O) groups is 1. The SMILES string of the molecule is Cc1ccc(OCc2nc3ncc(C(=O)O)c(=O)n3[nH]2)cc1. The summed E-state index contributed by atoms with van der Waals surface area (Å²) in [5, 5.41) is 11.6. The Balaban J connectivity index is 1.86. The Morgan fingerprint density at radius 3 is 2.77 bits per heavy atom. The van der Waals surface area contributed by atoms with Gasteiger partial charge in [0.15, 0.2) is 5.82 Å². The first-order valence-corrected chi connectivity index (χ1v) is 6.44. The van der Waals surface area contributed by atoms with Gasteiger partial charge >= 0.3 is 5.97 Å². The Morgan fingerprint density at radius 1 is 1.36 bits per heavy atom. The van der Waals surface area contributed by atoms with Gasteiger partial charge in [0.1, 0.15) is 17.9 Å². The van der Waals surface area contributed by atoms with E-state index in [1.807, 2.05) is 31.2 Å². The van der Waals surface area contributed by atoms with Gasteiger partial charge in [0.25, 0.3) is 11.3 Å². The van der Waals surface area contributed by atoms with Crippen molar-refractivity contribution >= 4 is 11.7 Å². The van der Waals surface area contributed by atoms with Crippen LogP contribution in [0.2, 0.25) is 0 Å². The number of nitrogens with zero attached hydrogens (tertiary/aromatic N) is 3. The third kappa shape index (κ3) is 2.53. The maximum Gasteiger partial charge on any atom is 0.343 e. The van der Waals surface area contributed by atoms with E-state index in [-0.39, 0.29) is 12.4 Å². The Labute approximate surface area is 124 Å². The summed E-state index contributed by atoms with van der Waals surface area (Å²) in [6.45, 7) is 2.08. The average molecular weight is 300 g/mol. The Morgan fingerprint density at radius 2 is 2.09 bits per heavy atom. The Hall–Kier alpha value is -3.16. The smallest absolute Gasteiger partial charge is 0.343 e. The maximum absolute atomic E-state index is 11.9. The highest BCUT2D eigenvalue weighted by molar-refractivity contribution is 5.86. The fourth-order valence-electron chi connectivity index (χ4n) is 1.90. The van der Waals surface area contributed by atoms with Crippen molar-refractivity contribution in [2.45, 2.75) is 13.5 Å². The number of carboxylic acids is 1. The average Bonchev–Trinajstić information content (AvgIpc) is 2.91. The van der Waals surface area contributed by atoms with Crippen molar-refractivity contribution in [3.05, 3.63) is 57.8 Å². The van der Waals surface area contributed by atoms with E-state index in [9.17, 15) is 9.59 Å². The lowest BCUT2D eigenvalue weighted by molar-refractivity contribution is 0.0694. The number of carboxylic acid groups (broad SMARTS) is 1. The van der Waals surface area contributed by atoms with Crippen molar-refractivity contribution in [2.24, 2.45) is 0 Å². The first-order valence-electron chi connectivity index (χ1n) is 6.44. The van der Waals surface area contributed by atoms with Crippen LogP contribution < -0.4 is 10.3 Å². The molecule has 0 aliphatic rings. The number of benzene rings is 1. The summed E-state index contributed by atoms with van der Waals surface area (Å²) < 4.78 is 6.52. The van der Waals surface area contributed by atoms with Crippen molar-refractivity contribution in [3.63, 3.8) is 0 Å². The minimum atomic E-state index is -1.33. The number of aromatic carboxylic acids is 1. The molecule has 2 N–H and O–H groups in total. The van der Waals surface area contributed by atoms with E-state index in [4.69, 9.17) is 9.84 Å². The van der Waals surface area contributed by atoms with Crippen molar-refractivity contribution in [1.29, 1.82) is 0 Å². The first-order chi connectivity index (χ1) is 10.5. The number of H-pyrrole nitrogens is 1. The highest BCUT2D eigenvalue weighted by Crippen LogP contribution is 2.12. The number of fused-ring (bicyclic) bond motifs is 1. The van der Waals surface area contributed by atoms with E-state index >= 15 is 0 Å². The number of aryl methyl sites for hydroxylation is 1. The van der Waals surface area contributed by atoms with E-state index < -0.39 is 17.1 Å². The van der Waals surface area contributed by atoms with Gasteiger partial charge in [-0.15, -0.1) is 0 Å². The van der Waals surface area contributed by atoms with Crippen LogP contribution in [-0.4, -0.2) is 30.7 Å². The summed E-state index contributed by atoms with van der Waals surface area (Å²) in [4.78, 5) is 30.7. The lowest BCUT2D eigenvalue weighted by Crippen LogP contribution is -2.23. The lowest BCUT2D eigenvalue weighted by atomic mass is 10.2. The molecule has 3 aromatic rings. The lowest BCUT2D eigenvalue weighted by Gasteiger charge is -2.03. The van der Waals surface area contributed by atoms with Crippen LogP contribution in [0.4, 0.5) is 0 Å². The number of rotatable bonds is 4. The highest BCUT2D eigenvalue weighted by Gasteiger charge is 2.14. The van der Waals surface area contributed by atoms with Gasteiger partial charge in [-0.05, 0) is 19.1 Å². The van der Waals surface area contributed by atoms with E-state index in [1.54, 1.807) is 0 Å². The van der Waals surface area contributed by atoms with Crippen molar-refractivity contribution in [1.82, 2.24) is 19.6 Å². The van der Waals surface area contributed by atoms with E-state index in [0.717, 1.165) is 16.3 Å². The molecule has 0 spiro atoms. The summed E-state index contributed by atoms with van der Waals surface area (Å²) in [6.07, 6.45) is 0.992. The minimum Gasteiger partial charge on any atom is -0.486 e. The number of aromatic nitrogens is 4. The molecular weight excluding hydrogens is 288 g/mol. The second-order valence-corrected chi connectivity index (χ2v) is 4.69. The van der Waals surface area contributed by atoms with Gasteiger partial charge in [-0.2, -0.15) is 9.50 Å². The second-order valence-electron chi connectivity index (χ2n) is 4.69. The maximum atomic E-state index is 11.9. The molecule has 3 rings (SSSR count). The molecule has 1 aromatic carbocycles. The quantitative estimate of drug-likeness (QED) is 0.744. The summed E-state index contributed by atoms with van der Waals surface area (Å²) in [5.74, 6) is -0.207. The number of nitrogens with one attached hydrogen (secondary N) is 1. The molecule has 0 aliphatic carbocycles. The zero-order chi connectivity index (χ0) is 15.7. The molecule has 0 unspecified atom stereocenters. The molecule has 8 nitrogen and oxygen atoms in total. The molecule has 22 heavy (non-hydrogen) atoms. The molecule has 0 radical (unpaired) electrons. The summed E-state index contributed by atoms with van der Waals surface area (Å²) in [5.41, 5.74) is -0.0215. The van der Waals surface area contributed by atoms with Gasteiger partial charge in [-0.25, -0.2) is 9.78 Å². The zero-order valence-electron chi connectivity index (χ0n) is 11.6. The molecule has 8 heteroatoms. The van der Waals surface area contributed by atoms with Gasteiger partial charge in [0.05, 0.1) is 6.20 Å². The van der Waals surface area contributed by atoms with Crippen molar-refractivity contribution < 1.29 is 14.6 Å². The van der Waals surface area contributed by atoms with E-state index in [2.05, 4.69) is 15.1 Å². The van der Waals surface area contributed by atoms with Crippen molar-refractivity contribution in [2.75, 3.05) is 0 Å². The molecule has 0 saturated heterocycles. The van der Waals surface area contributed by atoms with Gasteiger partial charge in [-0.1, -0.05) is 17.7 Å². The normalized spacial score (nSPS) is 10.8. The molecule has 0 bridgehead atoms. The number of ether oxygens (including phenoxy) is 1. The summed E-state index contributed by atoms with van der Waals surface area (Å²) in [7, 11) is 0. The number of hydrogen-bond acceptors (Lipinski definition) is 5. The molecular formula is C14H12N4O4. The van der Waals surface area contributed by atoms with Crippen LogP contribution >= 0.6 is 0 Å². The molecule has 2 heterocycles. The fraction of sp³-hybridized carbons (Fsp3) is 0.143. The van der Waals surface area contributed by atoms with Gasteiger partial charge in [-0.3, -0.25) is 9.89 Å². The topological polar surface area (TPSA) is 110 Å². The van der Waals surface area contributed by atoms with Crippen LogP contribution in [0.25, 0.3) is 5.78 Å². The predicted molar refractivity (Wildman–Crippen MR) is 76.1 cm³/mol. The van der Waals surface area contributed by atoms with Crippen LogP contribution in [0.15, 0.2) is 35.3 Å². The van der Waals surface area contributed by atoms with Crippen LogP contribution in [0, 0.1) is 6.92 Å². The standard InChI is InChI=1S/C14H12N4O4/c1-8-2-4-9(5-3-8)22-7-11-16-14-15-6-10(13(20)21)12(19)18(14)17-11/h2-6H,7H2,1H3,(H,20,21)(H,15,16,17). The third-order valence-electron chi connectivity index (χ3n) is 3.05. The van der Waals surface area contributed by atoms with Crippen LogP contribution in [0.1, 0.15) is 21.7 Å². The summed E-state index contributed by atoms with van der Waals surface area (Å²) >= 11 is 0. The number of hydrogen-bond donors (Lipinski definition) is 2. The first kappa shape index (κ1) is 13.8. The highest BCUT2D eigenvalue weighted by atomic mass is 16.5. The van der Waals surface area contributed by atoms with Crippen molar-refractivity contribution in [3.8, 4) is 5.75 Å². The monoisotopic (exact) mass is 300 g/mol. The molecule has 2 aromatic heterocycles. The van der Waals surface area contributed by atoms with E-state index in [0.29, 0.717) is 11.6 Å². The molecule has 112 valence electrons. The minimum absolute atomic E-state index is 0.0949. The van der Waals surface area contributed by atoms with Crippen LogP contribution in [-0.2, 0) is 6.61 Å². The Kier molecular flexibility index (Phi) is 3.34. The summed E-state index contributed by atoms with van der Waals surface area (Å²) in [6, 6.07) is 7.48. The molecule has 0 saturated carbocycles. The van der Waals surface area contributed by atoms with Crippen LogP contribution in [0.5, 0.6) is 5.75 Å². The second kappa shape index (κ2) is 5.32.